The number of ketones is 1. The molecule has 1 aliphatic carbocycles. The van der Waals surface area contributed by atoms with Gasteiger partial charge in [0.2, 0.25) is 35.4 Å². The number of amides is 6. The predicted molar refractivity (Wildman–Crippen MR) is 223 cm³/mol. The molecule has 2 rings (SSSR count). The first-order valence-electron chi connectivity index (χ1n) is 20.7. The highest BCUT2D eigenvalue weighted by Crippen LogP contribution is 2.28. The normalized spacial score (nSPS) is 16.6. The number of nitrogens with zero attached hydrogens (tertiary/aromatic N) is 1. The van der Waals surface area contributed by atoms with Gasteiger partial charge in [-0.05, 0) is 55.6 Å². The zero-order chi connectivity index (χ0) is 44.9. The van der Waals surface area contributed by atoms with Gasteiger partial charge in [-0.25, -0.2) is 4.98 Å². The van der Waals surface area contributed by atoms with E-state index in [-0.39, 0.29) is 24.0 Å². The first kappa shape index (κ1) is 50.9. The van der Waals surface area contributed by atoms with Crippen molar-refractivity contribution in [3.63, 3.8) is 0 Å². The molecule has 0 aliphatic heterocycles. The fraction of sp³-hybridized carbons (Fsp3) is 0.659. The molecular formula is C41H63N7O11S. The Hall–Kier alpha value is -5.20. The molecule has 1 aromatic rings. The zero-order valence-electron chi connectivity index (χ0n) is 35.4. The number of aliphatic carboxylic acids is 2. The van der Waals surface area contributed by atoms with Crippen molar-refractivity contribution in [1.82, 2.24) is 36.9 Å². The van der Waals surface area contributed by atoms with Gasteiger partial charge in [0.1, 0.15) is 35.2 Å². The summed E-state index contributed by atoms with van der Waals surface area (Å²) >= 11 is 1.36. The molecule has 1 heterocycles. The van der Waals surface area contributed by atoms with Gasteiger partial charge in [0.05, 0.1) is 12.5 Å². The second-order valence-corrected chi connectivity index (χ2v) is 16.7. The molecule has 334 valence electrons. The van der Waals surface area contributed by atoms with E-state index in [0.717, 1.165) is 39.0 Å². The van der Waals surface area contributed by atoms with Crippen LogP contribution in [0.5, 0.6) is 0 Å². The van der Waals surface area contributed by atoms with Gasteiger partial charge in [0.15, 0.2) is 5.78 Å². The van der Waals surface area contributed by atoms with Crippen molar-refractivity contribution in [2.75, 3.05) is 0 Å². The number of nitrogens with one attached hydrogen (secondary N) is 6. The Morgan fingerprint density at radius 3 is 1.87 bits per heavy atom. The van der Waals surface area contributed by atoms with Crippen molar-refractivity contribution in [2.24, 2.45) is 17.8 Å². The minimum atomic E-state index is -1.58. The summed E-state index contributed by atoms with van der Waals surface area (Å²) in [6.45, 7) is 9.98. The lowest BCUT2D eigenvalue weighted by Gasteiger charge is -2.31. The third-order valence-corrected chi connectivity index (χ3v) is 11.1. The molecule has 0 radical (unpaired) electrons. The Morgan fingerprint density at radius 1 is 0.733 bits per heavy atom. The SMILES string of the molecule is CCC(C)[C@H](NC(=O)[C@H](CC(C)C)NC(=O)[C@@H](CCC(=O)O)NC(=O)[C@H](CC(=O)O)NC(C)=O)C(=O)N[C@@H](CC1CCCCC1)C(=O)N[C@@H](CC)C(=O)/C=C/c1nccs1. The lowest BCUT2D eigenvalue weighted by molar-refractivity contribution is -0.141. The topological polar surface area (TPSA) is 279 Å². The molecule has 0 aromatic carbocycles. The van der Waals surface area contributed by atoms with Gasteiger partial charge in [0, 0.05) is 24.9 Å². The predicted octanol–water partition coefficient (Wildman–Crippen LogP) is 2.47. The molecule has 7 atom stereocenters. The first-order valence-corrected chi connectivity index (χ1v) is 21.6. The molecule has 0 saturated heterocycles. The maximum absolute atomic E-state index is 14.2. The van der Waals surface area contributed by atoms with Crippen LogP contribution in [0.2, 0.25) is 0 Å². The van der Waals surface area contributed by atoms with Crippen molar-refractivity contribution in [2.45, 2.75) is 155 Å². The average Bonchev–Trinajstić information content (AvgIpc) is 3.72. The number of rotatable bonds is 26. The van der Waals surface area contributed by atoms with Crippen LogP contribution in [0.3, 0.4) is 0 Å². The number of carboxylic acids is 2. The fourth-order valence-electron chi connectivity index (χ4n) is 6.85. The number of carbonyl (C=O) groups is 9. The molecule has 6 amide bonds. The van der Waals surface area contributed by atoms with Crippen molar-refractivity contribution < 1.29 is 53.4 Å². The number of thiazole rings is 1. The minimum absolute atomic E-state index is 0.0652. The molecule has 0 spiro atoms. The highest BCUT2D eigenvalue weighted by molar-refractivity contribution is 7.10. The van der Waals surface area contributed by atoms with Crippen LogP contribution in [0.25, 0.3) is 6.08 Å². The van der Waals surface area contributed by atoms with Crippen LogP contribution in [0.1, 0.15) is 124 Å². The summed E-state index contributed by atoms with van der Waals surface area (Å²) in [6, 6.07) is -7.45. The molecule has 1 aliphatic rings. The molecule has 1 aromatic heterocycles. The van der Waals surface area contributed by atoms with E-state index in [4.69, 9.17) is 0 Å². The molecule has 19 heteroatoms. The van der Waals surface area contributed by atoms with Crippen molar-refractivity contribution in [3.05, 3.63) is 22.7 Å². The summed E-state index contributed by atoms with van der Waals surface area (Å²) < 4.78 is 0. The van der Waals surface area contributed by atoms with Crippen LogP contribution >= 0.6 is 11.3 Å². The second-order valence-electron chi connectivity index (χ2n) is 15.8. The number of hydrogen-bond acceptors (Lipinski definition) is 11. The summed E-state index contributed by atoms with van der Waals surface area (Å²) in [5.41, 5.74) is 0. The van der Waals surface area contributed by atoms with Crippen molar-refractivity contribution >= 4 is 70.6 Å². The van der Waals surface area contributed by atoms with E-state index in [1.807, 2.05) is 6.92 Å². The number of carbonyl (C=O) groups excluding carboxylic acids is 7. The van der Waals surface area contributed by atoms with Gasteiger partial charge in [-0.1, -0.05) is 73.1 Å². The molecular weight excluding hydrogens is 799 g/mol. The summed E-state index contributed by atoms with van der Waals surface area (Å²) in [5, 5.41) is 36.5. The molecule has 0 bridgehead atoms. The molecule has 18 nitrogen and oxygen atoms in total. The van der Waals surface area contributed by atoms with Crippen molar-refractivity contribution in [3.8, 4) is 0 Å². The van der Waals surface area contributed by atoms with Crippen LogP contribution < -0.4 is 31.9 Å². The largest absolute Gasteiger partial charge is 0.481 e. The maximum atomic E-state index is 14.2. The molecule has 8 N–H and O–H groups in total. The van der Waals surface area contributed by atoms with Gasteiger partial charge in [0.25, 0.3) is 0 Å². The van der Waals surface area contributed by atoms with E-state index < -0.39 is 109 Å². The van der Waals surface area contributed by atoms with Crippen LogP contribution in [-0.4, -0.2) is 105 Å². The minimum Gasteiger partial charge on any atom is -0.481 e. The Balaban J connectivity index is 2.35. The Kier molecular flexibility index (Phi) is 22.2. The first-order chi connectivity index (χ1) is 28.3. The maximum Gasteiger partial charge on any atom is 0.305 e. The van der Waals surface area contributed by atoms with Crippen LogP contribution in [0.15, 0.2) is 17.7 Å². The molecule has 60 heavy (non-hydrogen) atoms. The molecule has 1 saturated carbocycles. The van der Waals surface area contributed by atoms with Crippen molar-refractivity contribution in [1.29, 1.82) is 0 Å². The number of aromatic nitrogens is 1. The standard InChI is InChI=1S/C41H63N7O11S/c1-7-24(5)36(41(59)47-30(21-26-12-10-9-11-13-26)38(56)44-27(8-2)32(50)15-16-33-42-18-19-60-33)48-40(58)29(20-23(3)4)46-37(55)28(14-17-34(51)52)45-39(57)31(22-35(53)54)43-25(6)49/h15-16,18-19,23-24,26-31,36H,7-14,17,20-22H2,1-6H3,(H,43,49)(H,44,56)(H,45,57)(H,46,55)(H,47,59)(H,48,58)(H,51,52)(H,53,54)/b16-15+/t24?,27-,28+,29-,30-,31-,36-/m0/s1. The third-order valence-electron chi connectivity index (χ3n) is 10.3. The molecule has 1 fully saturated rings. The number of carboxylic acid groups (broad SMARTS) is 2. The highest BCUT2D eigenvalue weighted by Gasteiger charge is 2.36. The second kappa shape index (κ2) is 26.1. The lowest BCUT2D eigenvalue weighted by atomic mass is 9.84. The quantitative estimate of drug-likeness (QED) is 0.0624. The van der Waals surface area contributed by atoms with Gasteiger partial charge >= 0.3 is 11.9 Å². The van der Waals surface area contributed by atoms with Crippen LogP contribution in [0, 0.1) is 17.8 Å². The third kappa shape index (κ3) is 18.4. The van der Waals surface area contributed by atoms with E-state index in [0.29, 0.717) is 24.3 Å². The lowest BCUT2D eigenvalue weighted by Crippen LogP contribution is -2.61. The van der Waals surface area contributed by atoms with Crippen LogP contribution in [-0.2, 0) is 43.2 Å². The zero-order valence-corrected chi connectivity index (χ0v) is 36.2. The fourth-order valence-corrected chi connectivity index (χ4v) is 7.38. The summed E-state index contributed by atoms with van der Waals surface area (Å²) in [7, 11) is 0. The Bertz CT molecular complexity index is 1650. The highest BCUT2D eigenvalue weighted by atomic mass is 32.1. The molecule has 1 unspecified atom stereocenters. The Labute approximate surface area is 355 Å². The van der Waals surface area contributed by atoms with Crippen LogP contribution in [0.4, 0.5) is 0 Å². The summed E-state index contributed by atoms with van der Waals surface area (Å²) in [6.07, 6.45) is 8.64. The Morgan fingerprint density at radius 2 is 1.32 bits per heavy atom. The van der Waals surface area contributed by atoms with Gasteiger partial charge in [-0.3, -0.25) is 43.2 Å². The monoisotopic (exact) mass is 861 g/mol. The summed E-state index contributed by atoms with van der Waals surface area (Å²) in [4.78, 5) is 121. The number of hydrogen-bond donors (Lipinski definition) is 8. The van der Waals surface area contributed by atoms with Gasteiger partial charge in [-0.15, -0.1) is 11.3 Å². The van der Waals surface area contributed by atoms with E-state index in [1.54, 1.807) is 45.3 Å². The van der Waals surface area contributed by atoms with E-state index in [1.165, 1.54) is 17.4 Å². The average molecular weight is 862 g/mol. The van der Waals surface area contributed by atoms with E-state index in [9.17, 15) is 53.4 Å². The van der Waals surface area contributed by atoms with Gasteiger partial charge < -0.3 is 42.1 Å². The smallest absolute Gasteiger partial charge is 0.305 e. The van der Waals surface area contributed by atoms with E-state index in [2.05, 4.69) is 36.9 Å². The van der Waals surface area contributed by atoms with E-state index >= 15 is 0 Å². The summed E-state index contributed by atoms with van der Waals surface area (Å²) in [5.74, 6) is -8.16. The van der Waals surface area contributed by atoms with Gasteiger partial charge in [-0.2, -0.15) is 0 Å².